The van der Waals surface area contributed by atoms with E-state index >= 15 is 0 Å². The van der Waals surface area contributed by atoms with Gasteiger partial charge in [0.1, 0.15) is 11.5 Å². The number of fused-ring (bicyclic) bond motifs is 1. The molecule has 1 heterocycles. The Morgan fingerprint density at radius 2 is 1.46 bits per heavy atom. The second-order valence-corrected chi connectivity index (χ2v) is 6.14. The summed E-state index contributed by atoms with van der Waals surface area (Å²) in [7, 11) is 1.60. The van der Waals surface area contributed by atoms with E-state index in [1.54, 1.807) is 7.11 Å². The molecule has 4 nitrogen and oxygen atoms in total. The fraction of sp³-hybridized carbons (Fsp3) is 0.0952. The van der Waals surface area contributed by atoms with E-state index in [1.165, 1.54) is 0 Å². The van der Waals surface area contributed by atoms with Gasteiger partial charge < -0.3 is 14.0 Å². The highest BCUT2D eigenvalue weighted by molar-refractivity contribution is 6.78. The molecule has 0 amide bonds. The molecule has 4 rings (SSSR count). The van der Waals surface area contributed by atoms with Crippen LogP contribution >= 0.6 is 0 Å². The lowest BCUT2D eigenvalue weighted by Crippen LogP contribution is -2.60. The van der Waals surface area contributed by atoms with Gasteiger partial charge >= 0.3 is 6.75 Å². The zero-order chi connectivity index (χ0) is 17.8. The van der Waals surface area contributed by atoms with Gasteiger partial charge in [0.15, 0.2) is 0 Å². The maximum absolute atomic E-state index is 6.09. The van der Waals surface area contributed by atoms with Gasteiger partial charge in [0.2, 0.25) is 0 Å². The van der Waals surface area contributed by atoms with E-state index in [1.807, 2.05) is 72.9 Å². The van der Waals surface area contributed by atoms with Gasteiger partial charge in [-0.15, -0.1) is 0 Å². The first-order chi connectivity index (χ1) is 12.8. The molecule has 3 aromatic carbocycles. The fourth-order valence-electron chi connectivity index (χ4n) is 3.14. The molecule has 0 atom stereocenters. The maximum Gasteiger partial charge on any atom is 0.523 e. The predicted molar refractivity (Wildman–Crippen MR) is 104 cm³/mol. The monoisotopic (exact) mass is 344 g/mol. The van der Waals surface area contributed by atoms with Crippen LogP contribution < -0.4 is 14.8 Å². The molecule has 130 valence electrons. The quantitative estimate of drug-likeness (QED) is 0.525. The van der Waals surface area contributed by atoms with Gasteiger partial charge in [-0.25, -0.2) is 0 Å². The van der Waals surface area contributed by atoms with E-state index < -0.39 is 6.75 Å². The van der Waals surface area contributed by atoms with Crippen molar-refractivity contribution in [1.29, 1.82) is 0 Å². The summed E-state index contributed by atoms with van der Waals surface area (Å²) >= 11 is 0. The summed E-state index contributed by atoms with van der Waals surface area (Å²) in [5.74, 6) is 1.37. The SMILES string of the molecule is CO[B-]1(c2ccccc2C=NCc2ccccc2)Oc2ccccc2O1. The molecule has 0 aromatic heterocycles. The summed E-state index contributed by atoms with van der Waals surface area (Å²) in [5, 5.41) is 0. The smallest absolute Gasteiger partial charge is 0.523 e. The zero-order valence-corrected chi connectivity index (χ0v) is 14.5. The number of para-hydroxylation sites is 2. The van der Waals surface area contributed by atoms with Crippen LogP contribution in [0, 0.1) is 0 Å². The first kappa shape index (κ1) is 16.4. The van der Waals surface area contributed by atoms with Gasteiger partial charge in [-0.3, -0.25) is 4.99 Å². The first-order valence-electron chi connectivity index (χ1n) is 8.59. The molecule has 0 saturated heterocycles. The van der Waals surface area contributed by atoms with Crippen molar-refractivity contribution in [2.45, 2.75) is 6.54 Å². The Bertz CT molecular complexity index is 902. The van der Waals surface area contributed by atoms with E-state index in [0.717, 1.165) is 16.6 Å². The van der Waals surface area contributed by atoms with E-state index in [-0.39, 0.29) is 0 Å². The van der Waals surface area contributed by atoms with Crippen LogP contribution in [0.25, 0.3) is 0 Å². The number of nitrogens with zero attached hydrogens (tertiary/aromatic N) is 1. The average molecular weight is 344 g/mol. The third kappa shape index (κ3) is 3.09. The number of rotatable bonds is 5. The molecular weight excluding hydrogens is 325 g/mol. The van der Waals surface area contributed by atoms with Gasteiger partial charge in [0.25, 0.3) is 0 Å². The fourth-order valence-corrected chi connectivity index (χ4v) is 3.14. The lowest BCUT2D eigenvalue weighted by atomic mass is 9.67. The van der Waals surface area contributed by atoms with Crippen molar-refractivity contribution in [3.8, 4) is 11.5 Å². The molecule has 0 aliphatic carbocycles. The minimum Gasteiger partial charge on any atom is -0.654 e. The molecule has 0 radical (unpaired) electrons. The predicted octanol–water partition coefficient (Wildman–Crippen LogP) is 3.57. The topological polar surface area (TPSA) is 40.0 Å². The third-order valence-electron chi connectivity index (χ3n) is 4.45. The van der Waals surface area contributed by atoms with E-state index in [4.69, 9.17) is 14.0 Å². The Hall–Kier alpha value is -3.05. The molecular formula is C21H19BNO3-. The molecule has 5 heteroatoms. The van der Waals surface area contributed by atoms with Crippen LogP contribution in [0.15, 0.2) is 83.9 Å². The minimum absolute atomic E-state index is 0.615. The number of benzene rings is 3. The molecule has 0 fully saturated rings. The van der Waals surface area contributed by atoms with Crippen molar-refractivity contribution < 1.29 is 14.0 Å². The van der Waals surface area contributed by atoms with Crippen LogP contribution in [0.5, 0.6) is 11.5 Å². The Balaban J connectivity index is 1.63. The van der Waals surface area contributed by atoms with Crippen molar-refractivity contribution in [1.82, 2.24) is 0 Å². The van der Waals surface area contributed by atoms with E-state index in [0.29, 0.717) is 18.0 Å². The van der Waals surface area contributed by atoms with E-state index in [2.05, 4.69) is 17.1 Å². The molecule has 1 aliphatic heterocycles. The van der Waals surface area contributed by atoms with Gasteiger partial charge in [0.05, 0.1) is 6.54 Å². The van der Waals surface area contributed by atoms with Gasteiger partial charge in [0, 0.05) is 6.21 Å². The van der Waals surface area contributed by atoms with Crippen molar-refractivity contribution in [2.75, 3.05) is 7.11 Å². The zero-order valence-electron chi connectivity index (χ0n) is 14.5. The number of hydrogen-bond acceptors (Lipinski definition) is 4. The Morgan fingerprint density at radius 1 is 0.846 bits per heavy atom. The molecule has 0 bridgehead atoms. The largest absolute Gasteiger partial charge is 0.654 e. The van der Waals surface area contributed by atoms with Crippen molar-refractivity contribution >= 4 is 18.4 Å². The highest BCUT2D eigenvalue weighted by Gasteiger charge is 2.41. The van der Waals surface area contributed by atoms with Crippen molar-refractivity contribution in [3.05, 3.63) is 90.0 Å². The molecule has 0 spiro atoms. The molecule has 0 unspecified atom stereocenters. The van der Waals surface area contributed by atoms with Gasteiger partial charge in [-0.05, 0) is 30.4 Å². The first-order valence-corrected chi connectivity index (χ1v) is 8.59. The summed E-state index contributed by atoms with van der Waals surface area (Å²) < 4.78 is 17.9. The minimum atomic E-state index is -2.09. The summed E-state index contributed by atoms with van der Waals surface area (Å²) in [5.41, 5.74) is 2.91. The number of hydrogen-bond donors (Lipinski definition) is 0. The van der Waals surface area contributed by atoms with Crippen LogP contribution in [0.3, 0.4) is 0 Å². The van der Waals surface area contributed by atoms with Crippen molar-refractivity contribution in [3.63, 3.8) is 0 Å². The van der Waals surface area contributed by atoms with Crippen LogP contribution in [0.1, 0.15) is 11.1 Å². The van der Waals surface area contributed by atoms with E-state index in [9.17, 15) is 0 Å². The molecule has 0 N–H and O–H groups in total. The normalized spacial score (nSPS) is 14.7. The molecule has 26 heavy (non-hydrogen) atoms. The van der Waals surface area contributed by atoms with Gasteiger partial charge in [-0.1, -0.05) is 72.2 Å². The summed E-state index contributed by atoms with van der Waals surface area (Å²) in [6, 6.07) is 25.6. The Labute approximate surface area is 153 Å². The van der Waals surface area contributed by atoms with Crippen molar-refractivity contribution in [2.24, 2.45) is 4.99 Å². The van der Waals surface area contributed by atoms with Crippen LogP contribution in [-0.2, 0) is 11.2 Å². The molecule has 0 saturated carbocycles. The summed E-state index contributed by atoms with van der Waals surface area (Å²) in [6.07, 6.45) is 1.85. The number of aliphatic imine (C=N–C) groups is 1. The summed E-state index contributed by atoms with van der Waals surface area (Å²) in [4.78, 5) is 4.58. The maximum atomic E-state index is 6.09. The average Bonchev–Trinajstić information content (AvgIpc) is 3.09. The third-order valence-corrected chi connectivity index (χ3v) is 4.45. The van der Waals surface area contributed by atoms with Crippen LogP contribution in [0.2, 0.25) is 0 Å². The molecule has 3 aromatic rings. The molecule has 1 aliphatic rings. The van der Waals surface area contributed by atoms with Crippen LogP contribution in [-0.4, -0.2) is 20.1 Å². The second-order valence-electron chi connectivity index (χ2n) is 6.14. The Kier molecular flexibility index (Phi) is 4.46. The summed E-state index contributed by atoms with van der Waals surface area (Å²) in [6.45, 7) is -1.48. The second kappa shape index (κ2) is 7.06. The standard InChI is InChI=1S/C21H19BNO3/c1-24-22(25-20-13-7-8-14-21(20)26-22)19-12-6-5-11-18(19)16-23-15-17-9-3-2-4-10-17/h2-14,16H,15H2,1H3/q-1. The Morgan fingerprint density at radius 3 is 2.15 bits per heavy atom. The lowest BCUT2D eigenvalue weighted by molar-refractivity contribution is 0.253. The lowest BCUT2D eigenvalue weighted by Gasteiger charge is -2.35. The highest BCUT2D eigenvalue weighted by atomic mass is 16.8. The van der Waals surface area contributed by atoms with Gasteiger partial charge in [-0.2, -0.15) is 0 Å². The highest BCUT2D eigenvalue weighted by Crippen LogP contribution is 2.37. The van der Waals surface area contributed by atoms with Crippen LogP contribution in [0.4, 0.5) is 0 Å².